The molecule has 0 atom stereocenters. The predicted molar refractivity (Wildman–Crippen MR) is 108 cm³/mol. The zero-order valence-corrected chi connectivity index (χ0v) is 15.4. The molecule has 0 fully saturated rings. The van der Waals surface area contributed by atoms with Crippen LogP contribution in [0.15, 0.2) is 70.7 Å². The van der Waals surface area contributed by atoms with E-state index < -0.39 is 33.6 Å². The van der Waals surface area contributed by atoms with Crippen LogP contribution in [-0.2, 0) is 6.54 Å². The Morgan fingerprint density at radius 1 is 1.13 bits per heavy atom. The van der Waals surface area contributed by atoms with Crippen molar-refractivity contribution in [1.29, 1.82) is 0 Å². The van der Waals surface area contributed by atoms with E-state index in [0.29, 0.717) is 0 Å². The standard InChI is InChI=1S/C20H16N4O6/c25-17-10-18(26)16(24(29)30)9-14(17)11-21-22-19(27)15-7-4-8-23(20(15)28)12-13-5-2-1-3-6-13/h1-11,25-26H,12H2,(H,22,27)/b21-11-. The van der Waals surface area contributed by atoms with Crippen molar-refractivity contribution in [1.82, 2.24) is 9.99 Å². The summed E-state index contributed by atoms with van der Waals surface area (Å²) in [5.41, 5.74) is 1.63. The third-order valence-electron chi connectivity index (χ3n) is 4.15. The number of hydrogen-bond acceptors (Lipinski definition) is 7. The monoisotopic (exact) mass is 408 g/mol. The first kappa shape index (κ1) is 20.3. The molecule has 3 aromatic rings. The fourth-order valence-corrected chi connectivity index (χ4v) is 2.67. The van der Waals surface area contributed by atoms with Crippen molar-refractivity contribution in [3.05, 3.63) is 98.0 Å². The molecule has 0 bridgehead atoms. The zero-order chi connectivity index (χ0) is 21.7. The third kappa shape index (κ3) is 4.50. The lowest BCUT2D eigenvalue weighted by Gasteiger charge is -2.07. The van der Waals surface area contributed by atoms with E-state index in [-0.39, 0.29) is 17.7 Å². The Morgan fingerprint density at radius 3 is 2.57 bits per heavy atom. The SMILES string of the molecule is O=C(N/N=C\c1cc([N+](=O)[O-])c(O)cc1O)c1cccn(Cc2ccccc2)c1=O. The van der Waals surface area contributed by atoms with Crippen molar-refractivity contribution >= 4 is 17.8 Å². The summed E-state index contributed by atoms with van der Waals surface area (Å²) >= 11 is 0. The van der Waals surface area contributed by atoms with E-state index in [2.05, 4.69) is 10.5 Å². The van der Waals surface area contributed by atoms with Crippen LogP contribution in [0.5, 0.6) is 11.5 Å². The lowest BCUT2D eigenvalue weighted by Crippen LogP contribution is -2.30. The Labute approximate surface area is 169 Å². The first-order valence-electron chi connectivity index (χ1n) is 8.64. The number of pyridine rings is 1. The number of carbonyl (C=O) groups excluding carboxylic acids is 1. The Bertz CT molecular complexity index is 1190. The van der Waals surface area contributed by atoms with Crippen LogP contribution in [0, 0.1) is 10.1 Å². The van der Waals surface area contributed by atoms with Gasteiger partial charge in [0.05, 0.1) is 17.7 Å². The van der Waals surface area contributed by atoms with Crippen molar-refractivity contribution in [2.75, 3.05) is 0 Å². The quantitative estimate of drug-likeness (QED) is 0.323. The Hall–Kier alpha value is -4.47. The number of aromatic hydroxyl groups is 2. The zero-order valence-electron chi connectivity index (χ0n) is 15.4. The maximum absolute atomic E-state index is 12.6. The van der Waals surface area contributed by atoms with Gasteiger partial charge >= 0.3 is 5.69 Å². The molecule has 1 amide bonds. The van der Waals surface area contributed by atoms with E-state index in [1.54, 1.807) is 12.3 Å². The molecule has 0 aliphatic heterocycles. The average Bonchev–Trinajstić information content (AvgIpc) is 2.71. The number of rotatable bonds is 6. The topological polar surface area (TPSA) is 147 Å². The van der Waals surface area contributed by atoms with E-state index in [1.165, 1.54) is 10.6 Å². The second kappa shape index (κ2) is 8.69. The van der Waals surface area contributed by atoms with E-state index in [0.717, 1.165) is 23.9 Å². The summed E-state index contributed by atoms with van der Waals surface area (Å²) in [7, 11) is 0. The summed E-state index contributed by atoms with van der Waals surface area (Å²) in [6, 6.07) is 13.8. The van der Waals surface area contributed by atoms with Gasteiger partial charge in [0.25, 0.3) is 11.5 Å². The lowest BCUT2D eigenvalue weighted by atomic mass is 10.2. The van der Waals surface area contributed by atoms with Crippen molar-refractivity contribution in [2.24, 2.45) is 5.10 Å². The number of phenols is 2. The molecule has 1 heterocycles. The molecule has 3 N–H and O–H groups in total. The lowest BCUT2D eigenvalue weighted by molar-refractivity contribution is -0.385. The largest absolute Gasteiger partial charge is 0.507 e. The van der Waals surface area contributed by atoms with Gasteiger partial charge in [-0.3, -0.25) is 19.7 Å². The second-order valence-electron chi connectivity index (χ2n) is 6.20. The Morgan fingerprint density at radius 2 is 1.87 bits per heavy atom. The number of phenolic OH excluding ortho intramolecular Hbond substituents is 2. The highest BCUT2D eigenvalue weighted by atomic mass is 16.6. The molecule has 2 aromatic carbocycles. The number of benzene rings is 2. The number of aromatic nitrogens is 1. The average molecular weight is 408 g/mol. The molecule has 10 heteroatoms. The first-order valence-corrected chi connectivity index (χ1v) is 8.64. The van der Waals surface area contributed by atoms with Crippen molar-refractivity contribution in [2.45, 2.75) is 6.54 Å². The number of nitrogens with zero attached hydrogens (tertiary/aromatic N) is 3. The molecule has 1 aromatic heterocycles. The van der Waals surface area contributed by atoms with Gasteiger partial charge in [0.1, 0.15) is 11.3 Å². The molecule has 0 spiro atoms. The number of nitro groups is 1. The van der Waals surface area contributed by atoms with Crippen molar-refractivity contribution < 1.29 is 19.9 Å². The van der Waals surface area contributed by atoms with Crippen LogP contribution in [-0.4, -0.2) is 31.8 Å². The fourth-order valence-electron chi connectivity index (χ4n) is 2.67. The number of hydrogen-bond donors (Lipinski definition) is 3. The van der Waals surface area contributed by atoms with Crippen LogP contribution in [0.3, 0.4) is 0 Å². The van der Waals surface area contributed by atoms with Gasteiger partial charge in [0.15, 0.2) is 5.75 Å². The molecule has 0 saturated carbocycles. The highest BCUT2D eigenvalue weighted by molar-refractivity contribution is 5.95. The molecule has 3 rings (SSSR count). The van der Waals surface area contributed by atoms with Crippen LogP contribution in [0.4, 0.5) is 5.69 Å². The highest BCUT2D eigenvalue weighted by Gasteiger charge is 2.17. The first-order chi connectivity index (χ1) is 14.4. The molecule has 152 valence electrons. The molecule has 10 nitrogen and oxygen atoms in total. The maximum atomic E-state index is 12.6. The molecular formula is C20H16N4O6. The number of amides is 1. The van der Waals surface area contributed by atoms with Crippen LogP contribution < -0.4 is 11.0 Å². The van der Waals surface area contributed by atoms with Crippen LogP contribution in [0.25, 0.3) is 0 Å². The van der Waals surface area contributed by atoms with Gasteiger partial charge in [-0.15, -0.1) is 0 Å². The fraction of sp³-hybridized carbons (Fsp3) is 0.0500. The molecular weight excluding hydrogens is 392 g/mol. The number of nitro benzene ring substituents is 1. The molecule has 0 saturated heterocycles. The normalized spacial score (nSPS) is 10.8. The minimum absolute atomic E-state index is 0.102. The summed E-state index contributed by atoms with van der Waals surface area (Å²) in [5.74, 6) is -1.96. The molecule has 0 aliphatic carbocycles. The van der Waals surface area contributed by atoms with Gasteiger partial charge in [-0.25, -0.2) is 5.43 Å². The number of hydrazone groups is 1. The minimum atomic E-state index is -0.830. The van der Waals surface area contributed by atoms with E-state index >= 15 is 0 Å². The summed E-state index contributed by atoms with van der Waals surface area (Å²) in [5, 5.41) is 33.7. The van der Waals surface area contributed by atoms with Gasteiger partial charge < -0.3 is 14.8 Å². The number of nitrogens with one attached hydrogen (secondary N) is 1. The number of carbonyl (C=O) groups is 1. The van der Waals surface area contributed by atoms with Gasteiger partial charge in [-0.2, -0.15) is 5.10 Å². The van der Waals surface area contributed by atoms with Crippen LogP contribution in [0.2, 0.25) is 0 Å². The highest BCUT2D eigenvalue weighted by Crippen LogP contribution is 2.31. The molecule has 0 radical (unpaired) electrons. The van der Waals surface area contributed by atoms with E-state index in [4.69, 9.17) is 0 Å². The Balaban J connectivity index is 1.77. The summed E-state index contributed by atoms with van der Waals surface area (Å²) in [4.78, 5) is 34.9. The third-order valence-corrected chi connectivity index (χ3v) is 4.15. The van der Waals surface area contributed by atoms with Crippen LogP contribution >= 0.6 is 0 Å². The van der Waals surface area contributed by atoms with Crippen molar-refractivity contribution in [3.8, 4) is 11.5 Å². The molecule has 30 heavy (non-hydrogen) atoms. The van der Waals surface area contributed by atoms with Gasteiger partial charge in [0.2, 0.25) is 0 Å². The molecule has 0 aliphatic rings. The van der Waals surface area contributed by atoms with E-state index in [1.807, 2.05) is 30.3 Å². The minimum Gasteiger partial charge on any atom is -0.507 e. The summed E-state index contributed by atoms with van der Waals surface area (Å²) in [6.07, 6.45) is 2.52. The van der Waals surface area contributed by atoms with E-state index in [9.17, 15) is 29.9 Å². The summed E-state index contributed by atoms with van der Waals surface area (Å²) in [6.45, 7) is 0.287. The second-order valence-corrected chi connectivity index (χ2v) is 6.20. The van der Waals surface area contributed by atoms with Crippen molar-refractivity contribution in [3.63, 3.8) is 0 Å². The maximum Gasteiger partial charge on any atom is 0.311 e. The predicted octanol–water partition coefficient (Wildman–Crippen LogP) is 1.98. The summed E-state index contributed by atoms with van der Waals surface area (Å²) < 4.78 is 1.38. The Kier molecular flexibility index (Phi) is 5.87. The molecule has 0 unspecified atom stereocenters. The van der Waals surface area contributed by atoms with Gasteiger partial charge in [-0.1, -0.05) is 30.3 Å². The van der Waals surface area contributed by atoms with Gasteiger partial charge in [0, 0.05) is 23.9 Å². The smallest absolute Gasteiger partial charge is 0.311 e. The van der Waals surface area contributed by atoms with Crippen LogP contribution in [0.1, 0.15) is 21.5 Å². The van der Waals surface area contributed by atoms with Gasteiger partial charge in [-0.05, 0) is 17.7 Å².